The third-order valence-electron chi connectivity index (χ3n) is 3.65. The first-order valence-electron chi connectivity index (χ1n) is 6.31. The summed E-state index contributed by atoms with van der Waals surface area (Å²) in [7, 11) is 0. The number of nitrogens with two attached hydrogens (primary N) is 1. The first-order chi connectivity index (χ1) is 9.13. The fraction of sp³-hybridized carbons (Fsp3) is 0.333. The lowest BCUT2D eigenvalue weighted by atomic mass is 10.1. The van der Waals surface area contributed by atoms with Crippen molar-refractivity contribution < 1.29 is 9.59 Å². The van der Waals surface area contributed by atoms with Gasteiger partial charge in [0, 0.05) is 5.56 Å². The van der Waals surface area contributed by atoms with Gasteiger partial charge in [0.25, 0.3) is 0 Å². The molecule has 3 rings (SSSR count). The topological polar surface area (TPSA) is 63.4 Å². The SMILES string of the molecule is Cc1ccc(C#CCN)cc1N1C(=O)C2CC2C1=O. The van der Waals surface area contributed by atoms with Crippen LogP contribution in [0.25, 0.3) is 0 Å². The third-order valence-corrected chi connectivity index (χ3v) is 3.65. The van der Waals surface area contributed by atoms with E-state index in [4.69, 9.17) is 5.73 Å². The number of amides is 2. The van der Waals surface area contributed by atoms with E-state index >= 15 is 0 Å². The smallest absolute Gasteiger partial charge is 0.237 e. The number of fused-ring (bicyclic) bond motifs is 1. The maximum atomic E-state index is 12.1. The zero-order chi connectivity index (χ0) is 13.6. The van der Waals surface area contributed by atoms with Crippen molar-refractivity contribution in [2.24, 2.45) is 17.6 Å². The Bertz CT molecular complexity index is 619. The van der Waals surface area contributed by atoms with Crippen molar-refractivity contribution >= 4 is 17.5 Å². The molecule has 2 aliphatic rings. The molecule has 96 valence electrons. The van der Waals surface area contributed by atoms with Crippen molar-refractivity contribution in [3.8, 4) is 11.8 Å². The monoisotopic (exact) mass is 254 g/mol. The van der Waals surface area contributed by atoms with Crippen molar-refractivity contribution in [1.29, 1.82) is 0 Å². The number of anilines is 1. The van der Waals surface area contributed by atoms with Crippen LogP contribution in [0.3, 0.4) is 0 Å². The molecule has 2 N–H and O–H groups in total. The number of hydrogen-bond acceptors (Lipinski definition) is 3. The van der Waals surface area contributed by atoms with Crippen molar-refractivity contribution in [3.05, 3.63) is 29.3 Å². The van der Waals surface area contributed by atoms with Gasteiger partial charge >= 0.3 is 0 Å². The molecular weight excluding hydrogens is 240 g/mol. The molecule has 4 nitrogen and oxygen atoms in total. The summed E-state index contributed by atoms with van der Waals surface area (Å²) >= 11 is 0. The number of imide groups is 1. The Morgan fingerprint density at radius 1 is 1.32 bits per heavy atom. The van der Waals surface area contributed by atoms with Gasteiger partial charge in [-0.25, -0.2) is 4.90 Å². The Balaban J connectivity index is 2.00. The molecule has 1 saturated carbocycles. The summed E-state index contributed by atoms with van der Waals surface area (Å²) in [6.45, 7) is 2.18. The molecule has 4 heteroatoms. The minimum absolute atomic E-state index is 0.0676. The van der Waals surface area contributed by atoms with Gasteiger partial charge in [0.1, 0.15) is 0 Å². The first kappa shape index (κ1) is 11.9. The Hall–Kier alpha value is -2.12. The van der Waals surface area contributed by atoms with E-state index in [1.54, 1.807) is 6.07 Å². The van der Waals surface area contributed by atoms with Gasteiger partial charge in [-0.3, -0.25) is 9.59 Å². The van der Waals surface area contributed by atoms with Crippen molar-refractivity contribution in [2.45, 2.75) is 13.3 Å². The van der Waals surface area contributed by atoms with E-state index in [2.05, 4.69) is 11.8 Å². The van der Waals surface area contributed by atoms with Crippen LogP contribution in [0.5, 0.6) is 0 Å². The average Bonchev–Trinajstić information content (AvgIpc) is 3.15. The largest absolute Gasteiger partial charge is 0.320 e. The fourth-order valence-corrected chi connectivity index (χ4v) is 2.50. The minimum Gasteiger partial charge on any atom is -0.320 e. The van der Waals surface area contributed by atoms with E-state index in [-0.39, 0.29) is 30.2 Å². The number of carbonyl (C=O) groups excluding carboxylic acids is 2. The summed E-state index contributed by atoms with van der Waals surface area (Å²) in [4.78, 5) is 25.5. The highest BCUT2D eigenvalue weighted by Gasteiger charge is 2.59. The number of aryl methyl sites for hydroxylation is 1. The van der Waals surface area contributed by atoms with Crippen molar-refractivity contribution in [3.63, 3.8) is 0 Å². The number of carbonyl (C=O) groups is 2. The second kappa shape index (κ2) is 4.22. The van der Waals surface area contributed by atoms with E-state index in [0.717, 1.165) is 17.5 Å². The normalized spacial score (nSPS) is 24.0. The van der Waals surface area contributed by atoms with Crippen LogP contribution in [-0.4, -0.2) is 18.4 Å². The zero-order valence-corrected chi connectivity index (χ0v) is 10.6. The highest BCUT2D eigenvalue weighted by molar-refractivity contribution is 6.25. The van der Waals surface area contributed by atoms with Gasteiger partial charge in [-0.05, 0) is 31.0 Å². The minimum atomic E-state index is -0.0781. The first-order valence-corrected chi connectivity index (χ1v) is 6.31. The zero-order valence-electron chi connectivity index (χ0n) is 10.6. The van der Waals surface area contributed by atoms with Gasteiger partial charge in [-0.15, -0.1) is 0 Å². The van der Waals surface area contributed by atoms with Crippen LogP contribution in [-0.2, 0) is 9.59 Å². The molecule has 1 saturated heterocycles. The van der Waals surface area contributed by atoms with Crippen molar-refractivity contribution in [1.82, 2.24) is 0 Å². The van der Waals surface area contributed by atoms with Crippen LogP contribution in [0.15, 0.2) is 18.2 Å². The summed E-state index contributed by atoms with van der Waals surface area (Å²) < 4.78 is 0. The molecule has 2 atom stereocenters. The second-order valence-corrected chi connectivity index (χ2v) is 4.97. The van der Waals surface area contributed by atoms with Gasteiger partial charge in [0.05, 0.1) is 24.1 Å². The second-order valence-electron chi connectivity index (χ2n) is 4.97. The molecule has 1 aliphatic heterocycles. The van der Waals surface area contributed by atoms with E-state index in [0.29, 0.717) is 5.69 Å². The highest BCUT2D eigenvalue weighted by atomic mass is 16.2. The molecule has 0 aromatic heterocycles. The number of benzene rings is 1. The molecule has 1 aromatic carbocycles. The number of rotatable bonds is 1. The number of nitrogens with zero attached hydrogens (tertiary/aromatic N) is 1. The molecule has 1 aromatic rings. The van der Waals surface area contributed by atoms with Gasteiger partial charge < -0.3 is 5.73 Å². The lowest BCUT2D eigenvalue weighted by Crippen LogP contribution is -2.33. The van der Waals surface area contributed by atoms with Crippen LogP contribution in [0, 0.1) is 30.6 Å². The summed E-state index contributed by atoms with van der Waals surface area (Å²) in [5, 5.41) is 0. The predicted octanol–water partition coefficient (Wildman–Crippen LogP) is 0.815. The van der Waals surface area contributed by atoms with Crippen LogP contribution >= 0.6 is 0 Å². The van der Waals surface area contributed by atoms with Gasteiger partial charge in [-0.2, -0.15) is 0 Å². The lowest BCUT2D eigenvalue weighted by molar-refractivity contribution is -0.123. The molecule has 1 aliphatic carbocycles. The summed E-state index contributed by atoms with van der Waals surface area (Å²) in [6.07, 6.45) is 0.722. The molecule has 2 amide bonds. The molecule has 0 bridgehead atoms. The van der Waals surface area contributed by atoms with Crippen LogP contribution in [0.2, 0.25) is 0 Å². The molecule has 2 unspecified atom stereocenters. The molecular formula is C15H14N2O2. The van der Waals surface area contributed by atoms with Crippen LogP contribution in [0.1, 0.15) is 17.5 Å². The Kier molecular flexibility index (Phi) is 2.65. The number of hydrogen-bond donors (Lipinski definition) is 1. The third kappa shape index (κ3) is 1.83. The van der Waals surface area contributed by atoms with Gasteiger partial charge in [0.15, 0.2) is 0 Å². The van der Waals surface area contributed by atoms with E-state index in [1.165, 1.54) is 4.90 Å². The van der Waals surface area contributed by atoms with Gasteiger partial charge in [-0.1, -0.05) is 17.9 Å². The highest BCUT2D eigenvalue weighted by Crippen LogP contribution is 2.48. The Labute approximate surface area is 111 Å². The Morgan fingerprint density at radius 3 is 2.63 bits per heavy atom. The number of piperidine rings is 1. The molecule has 0 radical (unpaired) electrons. The molecule has 1 heterocycles. The summed E-state index contributed by atoms with van der Waals surface area (Å²) in [5.41, 5.74) is 7.68. The maximum Gasteiger partial charge on any atom is 0.237 e. The molecule has 19 heavy (non-hydrogen) atoms. The fourth-order valence-electron chi connectivity index (χ4n) is 2.50. The van der Waals surface area contributed by atoms with Crippen LogP contribution < -0.4 is 10.6 Å². The van der Waals surface area contributed by atoms with E-state index < -0.39 is 0 Å². The predicted molar refractivity (Wildman–Crippen MR) is 71.2 cm³/mol. The quantitative estimate of drug-likeness (QED) is 0.596. The molecule has 2 fully saturated rings. The average molecular weight is 254 g/mol. The van der Waals surface area contributed by atoms with Crippen LogP contribution in [0.4, 0.5) is 5.69 Å². The molecule has 0 spiro atoms. The van der Waals surface area contributed by atoms with Crippen molar-refractivity contribution in [2.75, 3.05) is 11.4 Å². The summed E-state index contributed by atoms with van der Waals surface area (Å²) in [5.74, 6) is 5.40. The lowest BCUT2D eigenvalue weighted by Gasteiger charge is -2.19. The summed E-state index contributed by atoms with van der Waals surface area (Å²) in [6, 6.07) is 5.53. The maximum absolute atomic E-state index is 12.1. The van der Waals surface area contributed by atoms with Gasteiger partial charge in [0.2, 0.25) is 11.8 Å². The Morgan fingerprint density at radius 2 is 2.00 bits per heavy atom. The van der Waals surface area contributed by atoms with E-state index in [9.17, 15) is 9.59 Å². The van der Waals surface area contributed by atoms with E-state index in [1.807, 2.05) is 19.1 Å². The standard InChI is InChI=1S/C15H14N2O2/c1-9-4-5-10(3-2-6-16)7-13(9)17-14(18)11-8-12(11)15(17)19/h4-5,7,11-12H,6,8,16H2,1H3.